The molecule has 0 bridgehead atoms. The Hall–Kier alpha value is -1.42. The average Bonchev–Trinajstić information content (AvgIpc) is 2.52. The van der Waals surface area contributed by atoms with Gasteiger partial charge in [0.2, 0.25) is 5.13 Å². The normalized spacial score (nSPS) is 10.4. The van der Waals surface area contributed by atoms with Crippen LogP contribution in [-0.2, 0) is 0 Å². The molecule has 2 rings (SSSR count). The SMILES string of the molecule is COc1c(F)sc2c(C=O)cccc12. The summed E-state index contributed by atoms with van der Waals surface area (Å²) in [4.78, 5) is 10.7. The van der Waals surface area contributed by atoms with Gasteiger partial charge in [-0.25, -0.2) is 0 Å². The summed E-state index contributed by atoms with van der Waals surface area (Å²) in [6.45, 7) is 0. The van der Waals surface area contributed by atoms with Gasteiger partial charge in [-0.15, -0.1) is 11.3 Å². The summed E-state index contributed by atoms with van der Waals surface area (Å²) in [5.74, 6) is 0.216. The van der Waals surface area contributed by atoms with Crippen LogP contribution in [0.4, 0.5) is 4.39 Å². The highest BCUT2D eigenvalue weighted by atomic mass is 32.1. The first-order valence-electron chi connectivity index (χ1n) is 3.98. The Morgan fingerprint density at radius 2 is 2.29 bits per heavy atom. The van der Waals surface area contributed by atoms with Crippen LogP contribution in [0, 0.1) is 5.13 Å². The van der Waals surface area contributed by atoms with Gasteiger partial charge in [-0.1, -0.05) is 12.1 Å². The highest BCUT2D eigenvalue weighted by Crippen LogP contribution is 2.37. The molecule has 0 saturated heterocycles. The van der Waals surface area contributed by atoms with Crippen LogP contribution >= 0.6 is 11.3 Å². The average molecular weight is 210 g/mol. The van der Waals surface area contributed by atoms with Crippen molar-refractivity contribution < 1.29 is 13.9 Å². The molecule has 1 aromatic heterocycles. The number of halogens is 1. The molecule has 14 heavy (non-hydrogen) atoms. The van der Waals surface area contributed by atoms with Crippen molar-refractivity contribution in [3.8, 4) is 5.75 Å². The zero-order chi connectivity index (χ0) is 10.1. The van der Waals surface area contributed by atoms with Crippen molar-refractivity contribution in [3.05, 3.63) is 28.9 Å². The van der Waals surface area contributed by atoms with Crippen molar-refractivity contribution >= 4 is 27.7 Å². The predicted octanol–water partition coefficient (Wildman–Crippen LogP) is 2.86. The third-order valence-corrected chi connectivity index (χ3v) is 3.02. The largest absolute Gasteiger partial charge is 0.492 e. The Kier molecular flexibility index (Phi) is 2.21. The molecule has 0 atom stereocenters. The molecule has 0 unspecified atom stereocenters. The van der Waals surface area contributed by atoms with E-state index in [0.29, 0.717) is 15.6 Å². The number of ether oxygens (including phenoxy) is 1. The van der Waals surface area contributed by atoms with E-state index in [9.17, 15) is 9.18 Å². The van der Waals surface area contributed by atoms with Crippen LogP contribution in [0.3, 0.4) is 0 Å². The summed E-state index contributed by atoms with van der Waals surface area (Å²) in [5, 5.41) is 0.261. The van der Waals surface area contributed by atoms with E-state index in [-0.39, 0.29) is 5.75 Å². The lowest BCUT2D eigenvalue weighted by Gasteiger charge is -1.96. The van der Waals surface area contributed by atoms with E-state index >= 15 is 0 Å². The smallest absolute Gasteiger partial charge is 0.219 e. The van der Waals surface area contributed by atoms with Gasteiger partial charge in [-0.3, -0.25) is 4.79 Å². The maximum Gasteiger partial charge on any atom is 0.219 e. The fourth-order valence-corrected chi connectivity index (χ4v) is 2.34. The third-order valence-electron chi connectivity index (χ3n) is 1.99. The quantitative estimate of drug-likeness (QED) is 0.712. The van der Waals surface area contributed by atoms with Gasteiger partial charge in [-0.05, 0) is 6.07 Å². The molecule has 0 amide bonds. The van der Waals surface area contributed by atoms with Crippen molar-refractivity contribution in [2.45, 2.75) is 0 Å². The maximum absolute atomic E-state index is 13.3. The fraction of sp³-hybridized carbons (Fsp3) is 0.100. The molecule has 1 heterocycles. The van der Waals surface area contributed by atoms with Crippen molar-refractivity contribution in [2.75, 3.05) is 7.11 Å². The van der Waals surface area contributed by atoms with Crippen LogP contribution in [0.25, 0.3) is 10.1 Å². The minimum absolute atomic E-state index is 0.216. The second-order valence-electron chi connectivity index (χ2n) is 2.75. The Balaban J connectivity index is 2.85. The van der Waals surface area contributed by atoms with E-state index in [1.54, 1.807) is 18.2 Å². The first-order valence-corrected chi connectivity index (χ1v) is 4.79. The number of benzene rings is 1. The van der Waals surface area contributed by atoms with Gasteiger partial charge in [-0.2, -0.15) is 4.39 Å². The molecule has 0 aliphatic carbocycles. The topological polar surface area (TPSA) is 26.3 Å². The van der Waals surface area contributed by atoms with E-state index in [4.69, 9.17) is 4.74 Å². The standard InChI is InChI=1S/C10H7FO2S/c1-13-8-7-4-2-3-6(5-12)9(7)14-10(8)11/h2-5H,1H3. The van der Waals surface area contributed by atoms with E-state index < -0.39 is 5.13 Å². The molecule has 0 radical (unpaired) electrons. The van der Waals surface area contributed by atoms with E-state index in [2.05, 4.69) is 0 Å². The van der Waals surface area contributed by atoms with Crippen molar-refractivity contribution in [2.24, 2.45) is 0 Å². The number of methoxy groups -OCH3 is 1. The Labute approximate surface area is 83.9 Å². The van der Waals surface area contributed by atoms with Gasteiger partial charge < -0.3 is 4.74 Å². The Morgan fingerprint density at radius 1 is 1.50 bits per heavy atom. The molecular weight excluding hydrogens is 203 g/mol. The summed E-state index contributed by atoms with van der Waals surface area (Å²) >= 11 is 0.932. The molecule has 0 spiro atoms. The second-order valence-corrected chi connectivity index (χ2v) is 3.72. The zero-order valence-electron chi connectivity index (χ0n) is 7.41. The van der Waals surface area contributed by atoms with Gasteiger partial charge >= 0.3 is 0 Å². The molecule has 2 aromatic rings. The number of thiophene rings is 1. The maximum atomic E-state index is 13.3. The number of carbonyl (C=O) groups is 1. The summed E-state index contributed by atoms with van der Waals surface area (Å²) in [6, 6.07) is 5.10. The lowest BCUT2D eigenvalue weighted by molar-refractivity contribution is 0.112. The first-order chi connectivity index (χ1) is 6.77. The monoisotopic (exact) mass is 210 g/mol. The molecule has 72 valence electrons. The van der Waals surface area contributed by atoms with Gasteiger partial charge in [0.1, 0.15) is 0 Å². The Bertz CT molecular complexity index is 490. The molecule has 0 aliphatic rings. The summed E-state index contributed by atoms with van der Waals surface area (Å²) in [5.41, 5.74) is 0.495. The lowest BCUT2D eigenvalue weighted by Crippen LogP contribution is -1.83. The van der Waals surface area contributed by atoms with Crippen LogP contribution in [0.2, 0.25) is 0 Å². The number of hydrogen-bond acceptors (Lipinski definition) is 3. The minimum atomic E-state index is -0.392. The van der Waals surface area contributed by atoms with Crippen LogP contribution in [0.1, 0.15) is 10.4 Å². The van der Waals surface area contributed by atoms with Crippen molar-refractivity contribution in [1.29, 1.82) is 0 Å². The fourth-order valence-electron chi connectivity index (χ4n) is 1.37. The van der Waals surface area contributed by atoms with Gasteiger partial charge in [0.05, 0.1) is 11.8 Å². The van der Waals surface area contributed by atoms with Crippen LogP contribution in [0.5, 0.6) is 5.75 Å². The molecule has 2 nitrogen and oxygen atoms in total. The highest BCUT2D eigenvalue weighted by molar-refractivity contribution is 7.18. The molecule has 4 heteroatoms. The lowest BCUT2D eigenvalue weighted by atomic mass is 10.2. The summed E-state index contributed by atoms with van der Waals surface area (Å²) in [7, 11) is 1.41. The van der Waals surface area contributed by atoms with E-state index in [1.807, 2.05) is 0 Å². The van der Waals surface area contributed by atoms with Gasteiger partial charge in [0, 0.05) is 10.9 Å². The van der Waals surface area contributed by atoms with E-state index in [1.165, 1.54) is 7.11 Å². The number of rotatable bonds is 2. The number of hydrogen-bond donors (Lipinski definition) is 0. The van der Waals surface area contributed by atoms with Crippen LogP contribution in [0.15, 0.2) is 18.2 Å². The van der Waals surface area contributed by atoms with Crippen molar-refractivity contribution in [1.82, 2.24) is 0 Å². The highest BCUT2D eigenvalue weighted by Gasteiger charge is 2.14. The first kappa shape index (κ1) is 9.15. The zero-order valence-corrected chi connectivity index (χ0v) is 8.23. The summed E-state index contributed by atoms with van der Waals surface area (Å²) in [6.07, 6.45) is 0.720. The predicted molar refractivity (Wildman–Crippen MR) is 53.7 cm³/mol. The van der Waals surface area contributed by atoms with Crippen molar-refractivity contribution in [3.63, 3.8) is 0 Å². The molecular formula is C10H7FO2S. The number of aldehydes is 1. The third kappa shape index (κ3) is 1.19. The number of fused-ring (bicyclic) bond motifs is 1. The summed E-state index contributed by atoms with van der Waals surface area (Å²) < 4.78 is 18.9. The molecule has 0 N–H and O–H groups in total. The molecule has 0 saturated carbocycles. The molecule has 0 aliphatic heterocycles. The van der Waals surface area contributed by atoms with Gasteiger partial charge in [0.25, 0.3) is 0 Å². The van der Waals surface area contributed by atoms with Crippen LogP contribution < -0.4 is 4.74 Å². The molecule has 0 fully saturated rings. The minimum Gasteiger partial charge on any atom is -0.492 e. The second kappa shape index (κ2) is 3.38. The van der Waals surface area contributed by atoms with Crippen LogP contribution in [-0.4, -0.2) is 13.4 Å². The molecule has 1 aromatic carbocycles. The van der Waals surface area contributed by atoms with E-state index in [0.717, 1.165) is 17.6 Å². The number of carbonyl (C=O) groups excluding carboxylic acids is 1. The van der Waals surface area contributed by atoms with Gasteiger partial charge in [0.15, 0.2) is 12.0 Å². The Morgan fingerprint density at radius 3 is 2.93 bits per heavy atom.